The SMILES string of the molecule is Cc1cc(C)cc(Cc2cc[c]cc2)c1. The van der Waals surface area contributed by atoms with Gasteiger partial charge in [-0.15, -0.1) is 0 Å². The molecule has 0 N–H and O–H groups in total. The molecule has 75 valence electrons. The molecule has 1 radical (unpaired) electrons. The Morgan fingerprint density at radius 3 is 2.07 bits per heavy atom. The summed E-state index contributed by atoms with van der Waals surface area (Å²) in [6.45, 7) is 4.30. The molecular formula is C15H15. The van der Waals surface area contributed by atoms with Crippen molar-refractivity contribution in [3.63, 3.8) is 0 Å². The van der Waals surface area contributed by atoms with Crippen LogP contribution >= 0.6 is 0 Å². The lowest BCUT2D eigenvalue weighted by atomic mass is 10.0. The Labute approximate surface area is 91.6 Å². The minimum Gasteiger partial charge on any atom is -0.0581 e. The fraction of sp³-hybridized carbons (Fsp3) is 0.200. The number of benzene rings is 2. The normalized spacial score (nSPS) is 10.3. The molecule has 0 aliphatic carbocycles. The summed E-state index contributed by atoms with van der Waals surface area (Å²) in [5.41, 5.74) is 5.41. The average molecular weight is 195 g/mol. The molecule has 0 aliphatic heterocycles. The van der Waals surface area contributed by atoms with Gasteiger partial charge in [0.25, 0.3) is 0 Å². The monoisotopic (exact) mass is 195 g/mol. The Hall–Kier alpha value is -1.56. The Morgan fingerprint density at radius 2 is 1.47 bits per heavy atom. The van der Waals surface area contributed by atoms with Gasteiger partial charge >= 0.3 is 0 Å². The summed E-state index contributed by atoms with van der Waals surface area (Å²) in [5.74, 6) is 0. The molecule has 0 unspecified atom stereocenters. The van der Waals surface area contributed by atoms with Crippen LogP contribution in [0.2, 0.25) is 0 Å². The van der Waals surface area contributed by atoms with Gasteiger partial charge < -0.3 is 0 Å². The van der Waals surface area contributed by atoms with Gasteiger partial charge in [0.15, 0.2) is 0 Å². The molecule has 0 nitrogen and oxygen atoms in total. The second kappa shape index (κ2) is 4.31. The van der Waals surface area contributed by atoms with Crippen molar-refractivity contribution in [1.82, 2.24) is 0 Å². The van der Waals surface area contributed by atoms with Crippen molar-refractivity contribution in [3.05, 3.63) is 70.8 Å². The Bertz CT molecular complexity index is 421. The highest BCUT2D eigenvalue weighted by atomic mass is 14.0. The van der Waals surface area contributed by atoms with Crippen LogP contribution < -0.4 is 0 Å². The number of hydrogen-bond donors (Lipinski definition) is 0. The van der Waals surface area contributed by atoms with Crippen LogP contribution in [0, 0.1) is 19.9 Å². The van der Waals surface area contributed by atoms with Crippen LogP contribution in [0.25, 0.3) is 0 Å². The number of aryl methyl sites for hydroxylation is 2. The lowest BCUT2D eigenvalue weighted by molar-refractivity contribution is 1.17. The van der Waals surface area contributed by atoms with Crippen molar-refractivity contribution in [2.75, 3.05) is 0 Å². The second-order valence-electron chi connectivity index (χ2n) is 4.08. The van der Waals surface area contributed by atoms with E-state index in [1.807, 2.05) is 12.1 Å². The van der Waals surface area contributed by atoms with Gasteiger partial charge in [-0.05, 0) is 37.5 Å². The molecule has 0 aromatic heterocycles. The van der Waals surface area contributed by atoms with E-state index in [4.69, 9.17) is 0 Å². The lowest BCUT2D eigenvalue weighted by Gasteiger charge is -2.04. The van der Waals surface area contributed by atoms with Gasteiger partial charge in [-0.3, -0.25) is 0 Å². The highest BCUT2D eigenvalue weighted by Crippen LogP contribution is 2.13. The van der Waals surface area contributed by atoms with Crippen LogP contribution in [0.3, 0.4) is 0 Å². The van der Waals surface area contributed by atoms with E-state index in [2.05, 4.69) is 50.2 Å². The van der Waals surface area contributed by atoms with Crippen molar-refractivity contribution in [2.24, 2.45) is 0 Å². The molecule has 0 heterocycles. The highest BCUT2D eigenvalue weighted by molar-refractivity contribution is 5.32. The van der Waals surface area contributed by atoms with Crippen molar-refractivity contribution < 1.29 is 0 Å². The zero-order valence-electron chi connectivity index (χ0n) is 9.25. The molecule has 2 aromatic carbocycles. The third-order valence-electron chi connectivity index (χ3n) is 2.48. The predicted octanol–water partition coefficient (Wildman–Crippen LogP) is 3.69. The molecule has 0 amide bonds. The average Bonchev–Trinajstić information content (AvgIpc) is 2.17. The van der Waals surface area contributed by atoms with Crippen LogP contribution in [0.5, 0.6) is 0 Å². The third kappa shape index (κ3) is 2.69. The van der Waals surface area contributed by atoms with Crippen LogP contribution in [-0.4, -0.2) is 0 Å². The topological polar surface area (TPSA) is 0 Å². The van der Waals surface area contributed by atoms with Gasteiger partial charge in [-0.1, -0.05) is 53.6 Å². The van der Waals surface area contributed by atoms with Crippen LogP contribution in [0.1, 0.15) is 22.3 Å². The zero-order chi connectivity index (χ0) is 10.7. The van der Waals surface area contributed by atoms with Crippen molar-refractivity contribution in [3.8, 4) is 0 Å². The van der Waals surface area contributed by atoms with E-state index in [1.165, 1.54) is 22.3 Å². The van der Waals surface area contributed by atoms with E-state index in [1.54, 1.807) is 0 Å². The molecule has 0 aliphatic rings. The summed E-state index contributed by atoms with van der Waals surface area (Å²) in [7, 11) is 0. The summed E-state index contributed by atoms with van der Waals surface area (Å²) in [6.07, 6.45) is 1.01. The molecule has 0 saturated carbocycles. The largest absolute Gasteiger partial charge is 0.0581 e. The third-order valence-corrected chi connectivity index (χ3v) is 2.48. The first-order valence-corrected chi connectivity index (χ1v) is 5.26. The van der Waals surface area contributed by atoms with Gasteiger partial charge in [0.2, 0.25) is 0 Å². The molecule has 0 bridgehead atoms. The molecule has 0 fully saturated rings. The molecule has 0 heteroatoms. The van der Waals surface area contributed by atoms with Gasteiger partial charge in [0.1, 0.15) is 0 Å². The van der Waals surface area contributed by atoms with Gasteiger partial charge in [0.05, 0.1) is 0 Å². The van der Waals surface area contributed by atoms with Crippen LogP contribution in [0.4, 0.5) is 0 Å². The number of hydrogen-bond acceptors (Lipinski definition) is 0. The summed E-state index contributed by atoms with van der Waals surface area (Å²) in [6, 6.07) is 17.9. The molecule has 2 rings (SSSR count). The Kier molecular flexibility index (Phi) is 2.86. The summed E-state index contributed by atoms with van der Waals surface area (Å²) < 4.78 is 0. The molecule has 0 saturated heterocycles. The van der Waals surface area contributed by atoms with Crippen molar-refractivity contribution >= 4 is 0 Å². The first-order valence-electron chi connectivity index (χ1n) is 5.26. The maximum absolute atomic E-state index is 3.04. The maximum atomic E-state index is 3.04. The molecule has 2 aromatic rings. The minimum atomic E-state index is 1.01. The van der Waals surface area contributed by atoms with E-state index >= 15 is 0 Å². The minimum absolute atomic E-state index is 1.01. The smallest absolute Gasteiger partial charge is 0.00256 e. The fourth-order valence-corrected chi connectivity index (χ4v) is 1.95. The van der Waals surface area contributed by atoms with E-state index < -0.39 is 0 Å². The quantitative estimate of drug-likeness (QED) is 0.685. The Balaban J connectivity index is 2.25. The number of rotatable bonds is 2. The maximum Gasteiger partial charge on any atom is -0.00256 e. The molecule has 0 atom stereocenters. The lowest BCUT2D eigenvalue weighted by Crippen LogP contribution is -1.89. The first kappa shape index (κ1) is 9.97. The highest BCUT2D eigenvalue weighted by Gasteiger charge is 1.97. The second-order valence-corrected chi connectivity index (χ2v) is 4.08. The van der Waals surface area contributed by atoms with E-state index in [9.17, 15) is 0 Å². The predicted molar refractivity (Wildman–Crippen MR) is 64.0 cm³/mol. The van der Waals surface area contributed by atoms with Crippen molar-refractivity contribution in [1.29, 1.82) is 0 Å². The molecular weight excluding hydrogens is 180 g/mol. The summed E-state index contributed by atoms with van der Waals surface area (Å²) >= 11 is 0. The van der Waals surface area contributed by atoms with E-state index in [0.717, 1.165) is 6.42 Å². The Morgan fingerprint density at radius 1 is 0.867 bits per heavy atom. The first-order chi connectivity index (χ1) is 7.24. The summed E-state index contributed by atoms with van der Waals surface area (Å²) in [5, 5.41) is 0. The standard InChI is InChI=1S/C15H15/c1-12-8-13(2)10-15(9-12)11-14-6-4-3-5-7-14/h4-10H,11H2,1-2H3. The zero-order valence-corrected chi connectivity index (χ0v) is 9.25. The van der Waals surface area contributed by atoms with E-state index in [-0.39, 0.29) is 0 Å². The molecule has 0 spiro atoms. The van der Waals surface area contributed by atoms with Crippen LogP contribution in [0.15, 0.2) is 42.5 Å². The van der Waals surface area contributed by atoms with Gasteiger partial charge in [-0.2, -0.15) is 0 Å². The van der Waals surface area contributed by atoms with E-state index in [0.29, 0.717) is 0 Å². The van der Waals surface area contributed by atoms with Gasteiger partial charge in [0, 0.05) is 0 Å². The van der Waals surface area contributed by atoms with Crippen molar-refractivity contribution in [2.45, 2.75) is 20.3 Å². The van der Waals surface area contributed by atoms with Gasteiger partial charge in [-0.25, -0.2) is 0 Å². The fourth-order valence-electron chi connectivity index (χ4n) is 1.95. The molecule has 15 heavy (non-hydrogen) atoms. The summed E-state index contributed by atoms with van der Waals surface area (Å²) in [4.78, 5) is 0. The van der Waals surface area contributed by atoms with Crippen LogP contribution in [-0.2, 0) is 6.42 Å².